The van der Waals surface area contributed by atoms with Crippen molar-refractivity contribution in [3.05, 3.63) is 64.1 Å². The monoisotopic (exact) mass is 344 g/mol. The second kappa shape index (κ2) is 5.90. The van der Waals surface area contributed by atoms with Crippen molar-refractivity contribution in [2.45, 2.75) is 24.8 Å². The average Bonchev–Trinajstić information content (AvgIpc) is 3.31. The van der Waals surface area contributed by atoms with Crippen LogP contribution in [0.1, 0.15) is 35.9 Å². The van der Waals surface area contributed by atoms with Gasteiger partial charge in [-0.25, -0.2) is 0 Å². The molecule has 0 aromatic heterocycles. The summed E-state index contributed by atoms with van der Waals surface area (Å²) >= 11 is 3.48. The van der Waals surface area contributed by atoms with Gasteiger partial charge in [0.05, 0.1) is 0 Å². The normalized spacial score (nSPS) is 15.5. The van der Waals surface area contributed by atoms with Crippen LogP contribution in [0.3, 0.4) is 0 Å². The summed E-state index contributed by atoms with van der Waals surface area (Å²) in [5.74, 6) is 0.278. The predicted molar refractivity (Wildman–Crippen MR) is 88.1 cm³/mol. The molecule has 1 fully saturated rings. The lowest BCUT2D eigenvalue weighted by Crippen LogP contribution is -2.27. The standard InChI is InChI=1S/C17H17BrN2O/c18-14-6-1-2-7-15(14)20-16(17(19)21)13-5-3-4-12(10-13)11-8-9-11/h1-7,10-11,16,20H,8-9H2,(H2,19,21). The second-order valence-corrected chi connectivity index (χ2v) is 6.26. The lowest BCUT2D eigenvalue weighted by Gasteiger charge is -2.19. The van der Waals surface area contributed by atoms with E-state index in [1.165, 1.54) is 18.4 Å². The highest BCUT2D eigenvalue weighted by atomic mass is 79.9. The summed E-state index contributed by atoms with van der Waals surface area (Å²) in [5, 5.41) is 3.23. The molecule has 2 aromatic carbocycles. The number of amides is 1. The average molecular weight is 345 g/mol. The molecule has 21 heavy (non-hydrogen) atoms. The van der Waals surface area contributed by atoms with Gasteiger partial charge in [-0.2, -0.15) is 0 Å². The molecular formula is C17H17BrN2O. The van der Waals surface area contributed by atoms with E-state index in [2.05, 4.69) is 33.4 Å². The number of benzene rings is 2. The molecule has 3 rings (SSSR count). The smallest absolute Gasteiger partial charge is 0.244 e. The van der Waals surface area contributed by atoms with Crippen molar-refractivity contribution in [3.8, 4) is 0 Å². The van der Waals surface area contributed by atoms with Gasteiger partial charge in [0.15, 0.2) is 0 Å². The Morgan fingerprint density at radius 1 is 1.19 bits per heavy atom. The third-order valence-corrected chi connectivity index (χ3v) is 4.44. The lowest BCUT2D eigenvalue weighted by molar-refractivity contribution is -0.118. The van der Waals surface area contributed by atoms with Crippen molar-refractivity contribution in [2.24, 2.45) is 5.73 Å². The van der Waals surface area contributed by atoms with E-state index < -0.39 is 6.04 Å². The summed E-state index contributed by atoms with van der Waals surface area (Å²) < 4.78 is 0.912. The molecule has 1 atom stereocenters. The summed E-state index contributed by atoms with van der Waals surface area (Å²) in [6, 6.07) is 15.3. The number of hydrogen-bond donors (Lipinski definition) is 2. The van der Waals surface area contributed by atoms with Crippen molar-refractivity contribution >= 4 is 27.5 Å². The van der Waals surface area contributed by atoms with Crippen LogP contribution in [-0.4, -0.2) is 5.91 Å². The van der Waals surface area contributed by atoms with Gasteiger partial charge in [-0.1, -0.05) is 36.4 Å². The molecule has 1 saturated carbocycles. The van der Waals surface area contributed by atoms with Crippen LogP contribution in [0.2, 0.25) is 0 Å². The molecule has 0 spiro atoms. The molecule has 108 valence electrons. The maximum absolute atomic E-state index is 11.9. The topological polar surface area (TPSA) is 55.1 Å². The van der Waals surface area contributed by atoms with Gasteiger partial charge in [0, 0.05) is 10.2 Å². The summed E-state index contributed by atoms with van der Waals surface area (Å²) in [7, 11) is 0. The Morgan fingerprint density at radius 3 is 2.62 bits per heavy atom. The summed E-state index contributed by atoms with van der Waals surface area (Å²) in [6.45, 7) is 0. The van der Waals surface area contributed by atoms with Crippen molar-refractivity contribution in [1.82, 2.24) is 0 Å². The van der Waals surface area contributed by atoms with Crippen LogP contribution in [-0.2, 0) is 4.79 Å². The Hall–Kier alpha value is -1.81. The number of nitrogens with two attached hydrogens (primary N) is 1. The fourth-order valence-corrected chi connectivity index (χ4v) is 2.86. The second-order valence-electron chi connectivity index (χ2n) is 5.40. The number of nitrogens with one attached hydrogen (secondary N) is 1. The van der Waals surface area contributed by atoms with Crippen LogP contribution in [0.5, 0.6) is 0 Å². The number of hydrogen-bond acceptors (Lipinski definition) is 2. The number of primary amides is 1. The first kappa shape index (κ1) is 14.1. The van der Waals surface area contributed by atoms with E-state index in [4.69, 9.17) is 5.73 Å². The highest BCUT2D eigenvalue weighted by Gasteiger charge is 2.25. The largest absolute Gasteiger partial charge is 0.369 e. The Labute approximate surface area is 132 Å². The van der Waals surface area contributed by atoms with E-state index in [0.717, 1.165) is 15.7 Å². The van der Waals surface area contributed by atoms with Crippen LogP contribution in [0.4, 0.5) is 5.69 Å². The molecule has 1 unspecified atom stereocenters. The Balaban J connectivity index is 1.89. The van der Waals surface area contributed by atoms with Crippen LogP contribution in [0.15, 0.2) is 53.0 Å². The van der Waals surface area contributed by atoms with Gasteiger partial charge >= 0.3 is 0 Å². The van der Waals surface area contributed by atoms with E-state index >= 15 is 0 Å². The zero-order chi connectivity index (χ0) is 14.8. The van der Waals surface area contributed by atoms with Gasteiger partial charge in [-0.05, 0) is 57.9 Å². The van der Waals surface area contributed by atoms with Crippen molar-refractivity contribution in [1.29, 1.82) is 0 Å². The van der Waals surface area contributed by atoms with Crippen LogP contribution in [0, 0.1) is 0 Å². The molecule has 1 aliphatic rings. The van der Waals surface area contributed by atoms with Gasteiger partial charge in [0.25, 0.3) is 0 Å². The molecule has 0 saturated heterocycles. The Kier molecular flexibility index (Phi) is 3.97. The molecule has 3 nitrogen and oxygen atoms in total. The Bertz CT molecular complexity index is 667. The van der Waals surface area contributed by atoms with Crippen LogP contribution >= 0.6 is 15.9 Å². The van der Waals surface area contributed by atoms with Gasteiger partial charge in [0.1, 0.15) is 6.04 Å². The molecular weight excluding hydrogens is 328 g/mol. The van der Waals surface area contributed by atoms with Crippen molar-refractivity contribution in [2.75, 3.05) is 5.32 Å². The third kappa shape index (κ3) is 3.27. The summed E-state index contributed by atoms with van der Waals surface area (Å²) in [6.07, 6.45) is 2.48. The summed E-state index contributed by atoms with van der Waals surface area (Å²) in [4.78, 5) is 11.9. The lowest BCUT2D eigenvalue weighted by atomic mass is 10.0. The molecule has 0 heterocycles. The first-order valence-corrected chi connectivity index (χ1v) is 7.84. The van der Waals surface area contributed by atoms with Gasteiger partial charge in [-0.3, -0.25) is 4.79 Å². The minimum atomic E-state index is -0.526. The zero-order valence-corrected chi connectivity index (χ0v) is 13.1. The zero-order valence-electron chi connectivity index (χ0n) is 11.6. The molecule has 0 radical (unpaired) electrons. The van der Waals surface area contributed by atoms with E-state index in [1.807, 2.05) is 36.4 Å². The maximum Gasteiger partial charge on any atom is 0.244 e. The van der Waals surface area contributed by atoms with Crippen molar-refractivity contribution < 1.29 is 4.79 Å². The minimum Gasteiger partial charge on any atom is -0.369 e. The quantitative estimate of drug-likeness (QED) is 0.862. The SMILES string of the molecule is NC(=O)C(Nc1ccccc1Br)c1cccc(C2CC2)c1. The van der Waals surface area contributed by atoms with Gasteiger partial charge in [0.2, 0.25) is 5.91 Å². The van der Waals surface area contributed by atoms with E-state index in [9.17, 15) is 4.79 Å². The molecule has 3 N–H and O–H groups in total. The molecule has 4 heteroatoms. The number of halogens is 1. The predicted octanol–water partition coefficient (Wildman–Crippen LogP) is 3.97. The van der Waals surface area contributed by atoms with Crippen LogP contribution < -0.4 is 11.1 Å². The number of anilines is 1. The summed E-state index contributed by atoms with van der Waals surface area (Å²) in [5.41, 5.74) is 8.67. The van der Waals surface area contributed by atoms with Crippen LogP contribution in [0.25, 0.3) is 0 Å². The molecule has 2 aromatic rings. The van der Waals surface area contributed by atoms with Gasteiger partial charge < -0.3 is 11.1 Å². The highest BCUT2D eigenvalue weighted by molar-refractivity contribution is 9.10. The third-order valence-electron chi connectivity index (χ3n) is 3.75. The molecule has 0 bridgehead atoms. The number of rotatable bonds is 5. The maximum atomic E-state index is 11.9. The van der Waals surface area contributed by atoms with Gasteiger partial charge in [-0.15, -0.1) is 0 Å². The van der Waals surface area contributed by atoms with E-state index in [0.29, 0.717) is 5.92 Å². The number of carbonyl (C=O) groups is 1. The highest BCUT2D eigenvalue weighted by Crippen LogP contribution is 2.40. The fraction of sp³-hybridized carbons (Fsp3) is 0.235. The number of para-hydroxylation sites is 1. The number of carbonyl (C=O) groups excluding carboxylic acids is 1. The van der Waals surface area contributed by atoms with E-state index in [-0.39, 0.29) is 5.91 Å². The molecule has 1 aliphatic carbocycles. The molecule has 0 aliphatic heterocycles. The first-order chi connectivity index (χ1) is 10.1. The first-order valence-electron chi connectivity index (χ1n) is 7.05. The minimum absolute atomic E-state index is 0.376. The Morgan fingerprint density at radius 2 is 1.95 bits per heavy atom. The van der Waals surface area contributed by atoms with E-state index in [1.54, 1.807) is 0 Å². The fourth-order valence-electron chi connectivity index (χ4n) is 2.46. The van der Waals surface area contributed by atoms with Crippen molar-refractivity contribution in [3.63, 3.8) is 0 Å². The molecule has 1 amide bonds.